The molecule has 0 N–H and O–H groups in total. The molecule has 0 aliphatic rings. The summed E-state index contributed by atoms with van der Waals surface area (Å²) in [6, 6.07) is 18.9. The lowest BCUT2D eigenvalue weighted by Gasteiger charge is -2.13. The predicted molar refractivity (Wildman–Crippen MR) is 88.6 cm³/mol. The molecule has 2 aromatic carbocycles. The summed E-state index contributed by atoms with van der Waals surface area (Å²) in [6.07, 6.45) is 1.47. The third-order valence-corrected chi connectivity index (χ3v) is 3.73. The van der Waals surface area contributed by atoms with Crippen LogP contribution in [0.2, 0.25) is 0 Å². The maximum Gasteiger partial charge on any atom is 0.338 e. The summed E-state index contributed by atoms with van der Waals surface area (Å²) in [4.78, 5) is 12.2. The lowest BCUT2D eigenvalue weighted by atomic mass is 10.1. The molecule has 0 spiro atoms. The monoisotopic (exact) mass is 306 g/mol. The average Bonchev–Trinajstić information content (AvgIpc) is 3.02. The molecule has 0 aliphatic heterocycles. The first-order valence-electron chi connectivity index (χ1n) is 7.52. The summed E-state index contributed by atoms with van der Waals surface area (Å²) in [6.45, 7) is 3.85. The normalized spacial score (nSPS) is 11.9. The van der Waals surface area contributed by atoms with Gasteiger partial charge in [-0.25, -0.2) is 9.48 Å². The number of esters is 1. The van der Waals surface area contributed by atoms with Crippen LogP contribution in [0.25, 0.3) is 5.69 Å². The Morgan fingerprint density at radius 2 is 1.74 bits per heavy atom. The first-order valence-corrected chi connectivity index (χ1v) is 7.52. The van der Waals surface area contributed by atoms with Gasteiger partial charge in [0.15, 0.2) is 0 Å². The van der Waals surface area contributed by atoms with Gasteiger partial charge in [-0.05, 0) is 49.7 Å². The van der Waals surface area contributed by atoms with E-state index >= 15 is 0 Å². The Kier molecular flexibility index (Phi) is 4.24. The van der Waals surface area contributed by atoms with Gasteiger partial charge in [0.2, 0.25) is 0 Å². The number of nitrogens with zero attached hydrogens (tertiary/aromatic N) is 2. The predicted octanol–water partition coefficient (Wildman–Crippen LogP) is 4.10. The Morgan fingerprint density at radius 1 is 1.04 bits per heavy atom. The molecule has 1 heterocycles. The third kappa shape index (κ3) is 3.31. The SMILES string of the molecule is Cc1ccnn1-c1ccc(C(=O)O[C@@H](C)c2ccccc2)cc1. The molecule has 4 heteroatoms. The van der Waals surface area contributed by atoms with E-state index in [-0.39, 0.29) is 12.1 Å². The van der Waals surface area contributed by atoms with Crippen LogP contribution in [0.1, 0.15) is 34.6 Å². The van der Waals surface area contributed by atoms with Crippen LogP contribution in [0.5, 0.6) is 0 Å². The highest BCUT2D eigenvalue weighted by Gasteiger charge is 2.13. The maximum atomic E-state index is 12.2. The molecule has 3 rings (SSSR count). The molecule has 0 radical (unpaired) electrons. The highest BCUT2D eigenvalue weighted by molar-refractivity contribution is 5.89. The van der Waals surface area contributed by atoms with Crippen LogP contribution in [0.3, 0.4) is 0 Å². The van der Waals surface area contributed by atoms with Crippen molar-refractivity contribution in [2.24, 2.45) is 0 Å². The highest BCUT2D eigenvalue weighted by atomic mass is 16.5. The van der Waals surface area contributed by atoms with E-state index in [1.165, 1.54) is 0 Å². The van der Waals surface area contributed by atoms with E-state index in [0.717, 1.165) is 16.9 Å². The molecule has 0 aliphatic carbocycles. The third-order valence-electron chi connectivity index (χ3n) is 3.73. The fourth-order valence-electron chi connectivity index (χ4n) is 2.40. The van der Waals surface area contributed by atoms with Gasteiger partial charge in [0.25, 0.3) is 0 Å². The topological polar surface area (TPSA) is 44.1 Å². The van der Waals surface area contributed by atoms with E-state index in [2.05, 4.69) is 5.10 Å². The Morgan fingerprint density at radius 3 is 2.35 bits per heavy atom. The standard InChI is InChI=1S/C19H18N2O2/c1-14-12-13-20-21(14)18-10-8-17(9-11-18)19(22)23-15(2)16-6-4-3-5-7-16/h3-13,15H,1-2H3/t15-/m0/s1. The Labute approximate surface area is 135 Å². The van der Waals surface area contributed by atoms with Gasteiger partial charge in [-0.15, -0.1) is 0 Å². The van der Waals surface area contributed by atoms with Crippen LogP contribution in [-0.4, -0.2) is 15.7 Å². The Balaban J connectivity index is 1.72. The first kappa shape index (κ1) is 15.0. The van der Waals surface area contributed by atoms with Gasteiger partial charge in [-0.3, -0.25) is 0 Å². The van der Waals surface area contributed by atoms with Crippen molar-refractivity contribution in [3.05, 3.63) is 83.7 Å². The van der Waals surface area contributed by atoms with Crippen molar-refractivity contribution in [3.63, 3.8) is 0 Å². The lowest BCUT2D eigenvalue weighted by molar-refractivity contribution is 0.0338. The molecular formula is C19H18N2O2. The number of hydrogen-bond acceptors (Lipinski definition) is 3. The number of aromatic nitrogens is 2. The van der Waals surface area contributed by atoms with Gasteiger partial charge in [-0.1, -0.05) is 30.3 Å². The molecule has 4 nitrogen and oxygen atoms in total. The van der Waals surface area contributed by atoms with Crippen molar-refractivity contribution in [2.45, 2.75) is 20.0 Å². The van der Waals surface area contributed by atoms with Crippen molar-refractivity contribution in [2.75, 3.05) is 0 Å². The summed E-state index contributed by atoms with van der Waals surface area (Å²) in [5.74, 6) is -0.329. The number of carbonyl (C=O) groups excluding carboxylic acids is 1. The second kappa shape index (κ2) is 6.48. The van der Waals surface area contributed by atoms with E-state index < -0.39 is 0 Å². The van der Waals surface area contributed by atoms with E-state index in [9.17, 15) is 4.79 Å². The van der Waals surface area contributed by atoms with Crippen molar-refractivity contribution in [1.82, 2.24) is 9.78 Å². The van der Waals surface area contributed by atoms with Crippen molar-refractivity contribution >= 4 is 5.97 Å². The van der Waals surface area contributed by atoms with Crippen LogP contribution in [0.15, 0.2) is 66.9 Å². The van der Waals surface area contributed by atoms with E-state index in [0.29, 0.717) is 5.56 Å². The number of hydrogen-bond donors (Lipinski definition) is 0. The van der Waals surface area contributed by atoms with Crippen LogP contribution >= 0.6 is 0 Å². The summed E-state index contributed by atoms with van der Waals surface area (Å²) in [5, 5.41) is 4.25. The van der Waals surface area contributed by atoms with E-state index in [4.69, 9.17) is 4.74 Å². The smallest absolute Gasteiger partial charge is 0.338 e. The maximum absolute atomic E-state index is 12.2. The van der Waals surface area contributed by atoms with E-state index in [1.54, 1.807) is 18.3 Å². The van der Waals surface area contributed by atoms with Gasteiger partial charge in [0.05, 0.1) is 11.3 Å². The molecule has 1 atom stereocenters. The average molecular weight is 306 g/mol. The molecule has 0 saturated carbocycles. The Hall–Kier alpha value is -2.88. The van der Waals surface area contributed by atoms with Gasteiger partial charge in [0, 0.05) is 11.9 Å². The number of carbonyl (C=O) groups is 1. The van der Waals surface area contributed by atoms with Crippen LogP contribution in [0.4, 0.5) is 0 Å². The second-order valence-corrected chi connectivity index (χ2v) is 5.39. The number of benzene rings is 2. The summed E-state index contributed by atoms with van der Waals surface area (Å²) >= 11 is 0. The molecule has 0 bridgehead atoms. The van der Waals surface area contributed by atoms with Crippen LogP contribution in [0, 0.1) is 6.92 Å². The molecule has 116 valence electrons. The van der Waals surface area contributed by atoms with Crippen LogP contribution < -0.4 is 0 Å². The molecule has 0 amide bonds. The highest BCUT2D eigenvalue weighted by Crippen LogP contribution is 2.19. The fourth-order valence-corrected chi connectivity index (χ4v) is 2.40. The molecule has 1 aromatic heterocycles. The number of rotatable bonds is 4. The minimum Gasteiger partial charge on any atom is -0.454 e. The number of aryl methyl sites for hydroxylation is 1. The summed E-state index contributed by atoms with van der Waals surface area (Å²) in [7, 11) is 0. The van der Waals surface area contributed by atoms with Crippen molar-refractivity contribution < 1.29 is 9.53 Å². The van der Waals surface area contributed by atoms with Gasteiger partial charge in [0.1, 0.15) is 6.10 Å². The minimum atomic E-state index is -0.329. The number of ether oxygens (including phenoxy) is 1. The zero-order valence-electron chi connectivity index (χ0n) is 13.1. The van der Waals surface area contributed by atoms with Crippen molar-refractivity contribution in [3.8, 4) is 5.69 Å². The molecule has 0 unspecified atom stereocenters. The van der Waals surface area contributed by atoms with Gasteiger partial charge in [-0.2, -0.15) is 5.10 Å². The minimum absolute atomic E-state index is 0.281. The zero-order valence-corrected chi connectivity index (χ0v) is 13.1. The fraction of sp³-hybridized carbons (Fsp3) is 0.158. The quantitative estimate of drug-likeness (QED) is 0.682. The largest absolute Gasteiger partial charge is 0.454 e. The molecular weight excluding hydrogens is 288 g/mol. The molecule has 0 fully saturated rings. The van der Waals surface area contributed by atoms with Gasteiger partial charge < -0.3 is 4.74 Å². The zero-order chi connectivity index (χ0) is 16.2. The second-order valence-electron chi connectivity index (χ2n) is 5.39. The van der Waals surface area contributed by atoms with E-state index in [1.807, 2.05) is 67.1 Å². The first-order chi connectivity index (χ1) is 11.1. The van der Waals surface area contributed by atoms with Gasteiger partial charge >= 0.3 is 5.97 Å². The molecule has 3 aromatic rings. The van der Waals surface area contributed by atoms with Crippen LogP contribution in [-0.2, 0) is 4.74 Å². The molecule has 0 saturated heterocycles. The molecule has 23 heavy (non-hydrogen) atoms. The summed E-state index contributed by atoms with van der Waals surface area (Å²) in [5.41, 5.74) is 3.46. The Bertz CT molecular complexity index is 792. The summed E-state index contributed by atoms with van der Waals surface area (Å²) < 4.78 is 7.34. The lowest BCUT2D eigenvalue weighted by Crippen LogP contribution is -2.09. The van der Waals surface area contributed by atoms with Crippen molar-refractivity contribution in [1.29, 1.82) is 0 Å².